The molecule has 1 aromatic heterocycles. The van der Waals surface area contributed by atoms with Crippen molar-refractivity contribution in [3.63, 3.8) is 0 Å². The highest BCUT2D eigenvalue weighted by Gasteiger charge is 2.47. The van der Waals surface area contributed by atoms with Crippen molar-refractivity contribution in [2.45, 2.75) is 38.8 Å². The van der Waals surface area contributed by atoms with Crippen LogP contribution in [0.2, 0.25) is 0 Å². The lowest BCUT2D eigenvalue weighted by Gasteiger charge is -2.45. The van der Waals surface area contributed by atoms with Crippen molar-refractivity contribution >= 4 is 17.6 Å². The van der Waals surface area contributed by atoms with Gasteiger partial charge in [-0.15, -0.1) is 0 Å². The van der Waals surface area contributed by atoms with Crippen molar-refractivity contribution in [1.82, 2.24) is 9.88 Å². The molecule has 8 heteroatoms. The van der Waals surface area contributed by atoms with Crippen molar-refractivity contribution in [1.29, 1.82) is 0 Å². The minimum atomic E-state index is -1.07. The molecule has 3 amide bonds. The van der Waals surface area contributed by atoms with Gasteiger partial charge in [0.1, 0.15) is 5.69 Å². The van der Waals surface area contributed by atoms with E-state index in [-0.39, 0.29) is 18.1 Å². The van der Waals surface area contributed by atoms with E-state index in [1.54, 1.807) is 43.3 Å². The second-order valence-electron chi connectivity index (χ2n) is 8.98. The number of halogens is 2. The van der Waals surface area contributed by atoms with Gasteiger partial charge in [0.2, 0.25) is 11.8 Å². The highest BCUT2D eigenvalue weighted by molar-refractivity contribution is 6.16. The first-order chi connectivity index (χ1) is 17.1. The van der Waals surface area contributed by atoms with Gasteiger partial charge in [0.15, 0.2) is 11.6 Å². The van der Waals surface area contributed by atoms with Crippen molar-refractivity contribution in [2.24, 2.45) is 0 Å². The first-order valence-corrected chi connectivity index (χ1v) is 11.4. The molecule has 3 aromatic rings. The third-order valence-electron chi connectivity index (χ3n) is 6.04. The molecule has 4 rings (SSSR count). The van der Waals surface area contributed by atoms with Crippen LogP contribution in [0, 0.1) is 23.5 Å². The molecule has 1 atom stereocenters. The van der Waals surface area contributed by atoms with Crippen molar-refractivity contribution in [3.8, 4) is 17.7 Å². The number of carbonyl (C=O) groups excluding carboxylic acids is 2. The fraction of sp³-hybridized carbons (Fsp3) is 0.250. The van der Waals surface area contributed by atoms with Gasteiger partial charge in [0.05, 0.1) is 18.1 Å². The molecule has 184 valence electrons. The van der Waals surface area contributed by atoms with Crippen LogP contribution in [0.25, 0.3) is 0 Å². The Balaban J connectivity index is 1.62. The van der Waals surface area contributed by atoms with Gasteiger partial charge in [-0.2, -0.15) is 0 Å². The monoisotopic (exact) mass is 489 g/mol. The third kappa shape index (κ3) is 4.78. The van der Waals surface area contributed by atoms with Gasteiger partial charge in [0.25, 0.3) is 0 Å². The fourth-order valence-electron chi connectivity index (χ4n) is 4.00. The maximum atomic E-state index is 15.1. The number of hydrogen-bond donors (Lipinski definition) is 0. The molecule has 1 aliphatic heterocycles. The summed E-state index contributed by atoms with van der Waals surface area (Å²) in [6, 6.07) is 13.5. The van der Waals surface area contributed by atoms with E-state index in [4.69, 9.17) is 4.74 Å². The average Bonchev–Trinajstić information content (AvgIpc) is 2.83. The van der Waals surface area contributed by atoms with Gasteiger partial charge in [-0.1, -0.05) is 30.0 Å². The quantitative estimate of drug-likeness (QED) is 0.470. The van der Waals surface area contributed by atoms with Crippen LogP contribution in [-0.4, -0.2) is 35.0 Å². The molecule has 1 fully saturated rings. The van der Waals surface area contributed by atoms with E-state index < -0.39 is 34.8 Å². The third-order valence-corrected chi connectivity index (χ3v) is 6.04. The second-order valence-corrected chi connectivity index (χ2v) is 8.98. The summed E-state index contributed by atoms with van der Waals surface area (Å²) in [5.41, 5.74) is -0.425. The molecular weight excluding hydrogens is 464 g/mol. The van der Waals surface area contributed by atoms with Crippen molar-refractivity contribution in [3.05, 3.63) is 89.1 Å². The van der Waals surface area contributed by atoms with Gasteiger partial charge in [0, 0.05) is 30.4 Å². The van der Waals surface area contributed by atoms with Gasteiger partial charge < -0.3 is 9.64 Å². The highest BCUT2D eigenvalue weighted by Crippen LogP contribution is 2.39. The first kappa shape index (κ1) is 24.9. The van der Waals surface area contributed by atoms with Crippen LogP contribution in [0.3, 0.4) is 0 Å². The topological polar surface area (TPSA) is 62.7 Å². The molecule has 0 spiro atoms. The predicted octanol–water partition coefficient (Wildman–Crippen LogP) is 5.25. The summed E-state index contributed by atoms with van der Waals surface area (Å²) in [7, 11) is 1.48. The molecule has 0 bridgehead atoms. The molecule has 1 aliphatic rings. The number of pyridine rings is 1. The second kappa shape index (κ2) is 9.78. The number of rotatable bonds is 4. The maximum Gasteiger partial charge on any atom is 0.332 e. The number of aromatic nitrogens is 1. The Hall–Kier alpha value is -4.25. The van der Waals surface area contributed by atoms with E-state index in [0.717, 1.165) is 12.1 Å². The SMILES string of the molecule is CC(C)Oc1ccc([C@]2(C)CC(=O)N(c3c(F)cc(C#Cc4ccccc4)cc3F)C(=O)N2C)cn1. The maximum absolute atomic E-state index is 15.1. The van der Waals surface area contributed by atoms with Crippen LogP contribution in [-0.2, 0) is 10.3 Å². The summed E-state index contributed by atoms with van der Waals surface area (Å²) in [6.07, 6.45) is 1.27. The van der Waals surface area contributed by atoms with Gasteiger partial charge in [-0.05, 0) is 56.7 Å². The summed E-state index contributed by atoms with van der Waals surface area (Å²) in [5.74, 6) is 3.11. The molecule has 0 N–H and O–H groups in total. The Kier molecular flexibility index (Phi) is 6.75. The van der Waals surface area contributed by atoms with Gasteiger partial charge >= 0.3 is 6.03 Å². The molecule has 2 heterocycles. The van der Waals surface area contributed by atoms with E-state index in [2.05, 4.69) is 16.8 Å². The lowest BCUT2D eigenvalue weighted by Crippen LogP contribution is -2.60. The number of benzene rings is 2. The standard InChI is InChI=1S/C28H25F2N3O3/c1-18(2)36-24-13-12-21(17-31-24)28(3)16-25(34)33(27(35)32(28)4)26-22(29)14-20(15-23(26)30)11-10-19-8-6-5-7-9-19/h5-9,12-15,17-18H,16H2,1-4H3/t28-/m0/s1. The van der Waals surface area contributed by atoms with Crippen LogP contribution < -0.4 is 9.64 Å². The Morgan fingerprint density at radius 1 is 1.00 bits per heavy atom. The van der Waals surface area contributed by atoms with Crippen LogP contribution >= 0.6 is 0 Å². The zero-order valence-electron chi connectivity index (χ0n) is 20.4. The molecule has 1 saturated heterocycles. The lowest BCUT2D eigenvalue weighted by atomic mass is 9.86. The zero-order chi connectivity index (χ0) is 26.0. The predicted molar refractivity (Wildman–Crippen MR) is 131 cm³/mol. The van der Waals surface area contributed by atoms with E-state index >= 15 is 8.78 Å². The van der Waals surface area contributed by atoms with Crippen LogP contribution in [0.1, 0.15) is 43.9 Å². The fourth-order valence-corrected chi connectivity index (χ4v) is 4.00. The number of hydrogen-bond acceptors (Lipinski definition) is 4. The molecule has 0 unspecified atom stereocenters. The summed E-state index contributed by atoms with van der Waals surface area (Å²) < 4.78 is 35.7. The van der Waals surface area contributed by atoms with E-state index in [9.17, 15) is 9.59 Å². The summed E-state index contributed by atoms with van der Waals surface area (Å²) in [4.78, 5) is 32.5. The normalized spacial score (nSPS) is 17.8. The van der Waals surface area contributed by atoms with E-state index in [1.165, 1.54) is 18.1 Å². The van der Waals surface area contributed by atoms with Crippen molar-refractivity contribution < 1.29 is 23.1 Å². The number of anilines is 1. The minimum absolute atomic E-state index is 0.0616. The molecule has 0 radical (unpaired) electrons. The van der Waals surface area contributed by atoms with Crippen molar-refractivity contribution in [2.75, 3.05) is 11.9 Å². The van der Waals surface area contributed by atoms with Gasteiger partial charge in [-0.3, -0.25) is 4.79 Å². The Labute approximate surface area is 208 Å². The molecule has 6 nitrogen and oxygen atoms in total. The molecule has 2 aromatic carbocycles. The zero-order valence-corrected chi connectivity index (χ0v) is 20.4. The highest BCUT2D eigenvalue weighted by atomic mass is 19.1. The van der Waals surface area contributed by atoms with Gasteiger partial charge in [-0.25, -0.2) is 23.5 Å². The Morgan fingerprint density at radius 2 is 1.64 bits per heavy atom. The molecular formula is C28H25F2N3O3. The summed E-state index contributed by atoms with van der Waals surface area (Å²) >= 11 is 0. The lowest BCUT2D eigenvalue weighted by molar-refractivity contribution is -0.122. The number of imide groups is 1. The molecule has 0 aliphatic carbocycles. The number of nitrogens with zero attached hydrogens (tertiary/aromatic N) is 3. The van der Waals surface area contributed by atoms with E-state index in [1.807, 2.05) is 19.9 Å². The number of carbonyl (C=O) groups is 2. The largest absolute Gasteiger partial charge is 0.475 e. The van der Waals surface area contributed by atoms with Crippen LogP contribution in [0.4, 0.5) is 19.3 Å². The number of ether oxygens (including phenoxy) is 1. The summed E-state index contributed by atoms with van der Waals surface area (Å²) in [5, 5.41) is 0. The van der Waals surface area contributed by atoms with E-state index in [0.29, 0.717) is 21.9 Å². The molecule has 0 saturated carbocycles. The van der Waals surface area contributed by atoms with Crippen LogP contribution in [0.15, 0.2) is 60.8 Å². The number of amides is 3. The number of urea groups is 1. The minimum Gasteiger partial charge on any atom is -0.475 e. The Morgan fingerprint density at radius 3 is 2.22 bits per heavy atom. The average molecular weight is 490 g/mol. The summed E-state index contributed by atoms with van der Waals surface area (Å²) in [6.45, 7) is 5.45. The van der Waals surface area contributed by atoms with Crippen LogP contribution in [0.5, 0.6) is 5.88 Å². The smallest absolute Gasteiger partial charge is 0.332 e. The Bertz CT molecular complexity index is 1340. The first-order valence-electron chi connectivity index (χ1n) is 11.4. The molecule has 36 heavy (non-hydrogen) atoms.